The zero-order valence-corrected chi connectivity index (χ0v) is 46.7. The van der Waals surface area contributed by atoms with Crippen LogP contribution in [0.3, 0.4) is 0 Å². The number of allylic oxidation sites excluding steroid dienone is 7. The highest BCUT2D eigenvalue weighted by Gasteiger charge is 2.18. The summed E-state index contributed by atoms with van der Waals surface area (Å²) in [6.45, 7) is 4.83. The van der Waals surface area contributed by atoms with Gasteiger partial charge in [-0.15, -0.1) is 0 Å². The second kappa shape index (κ2) is 59.4. The van der Waals surface area contributed by atoms with Crippen LogP contribution in [-0.2, 0) is 14.3 Å². The van der Waals surface area contributed by atoms with Gasteiger partial charge in [0.25, 0.3) is 0 Å². The molecule has 1 amide bonds. The molecule has 0 aliphatic rings. The van der Waals surface area contributed by atoms with Crippen LogP contribution in [-0.4, -0.2) is 47.4 Å². The number of unbranched alkanes of at least 4 members (excludes halogenated alkanes) is 40. The van der Waals surface area contributed by atoms with E-state index in [1.807, 2.05) is 6.08 Å². The molecule has 6 nitrogen and oxygen atoms in total. The van der Waals surface area contributed by atoms with Crippen molar-refractivity contribution < 1.29 is 24.5 Å². The molecule has 6 heteroatoms. The number of aliphatic hydroxyl groups is 2. The summed E-state index contributed by atoms with van der Waals surface area (Å²) in [6.07, 6.45) is 75.7. The Balaban J connectivity index is 3.52. The summed E-state index contributed by atoms with van der Waals surface area (Å²) in [7, 11) is 0. The summed E-state index contributed by atoms with van der Waals surface area (Å²) < 4.78 is 5.47. The molecule has 0 heterocycles. The first-order chi connectivity index (χ1) is 34.5. The van der Waals surface area contributed by atoms with Gasteiger partial charge in [-0.05, 0) is 96.3 Å². The number of hydrogen-bond donors (Lipinski definition) is 3. The molecule has 70 heavy (non-hydrogen) atoms. The average Bonchev–Trinajstić information content (AvgIpc) is 3.36. The van der Waals surface area contributed by atoms with Crippen LogP contribution in [0, 0.1) is 0 Å². The molecule has 0 rings (SSSR count). The maximum atomic E-state index is 12.5. The molecule has 0 bridgehead atoms. The smallest absolute Gasteiger partial charge is 0.305 e. The molecule has 0 aromatic carbocycles. The molecule has 0 saturated heterocycles. The Morgan fingerprint density at radius 2 is 0.714 bits per heavy atom. The molecule has 3 N–H and O–H groups in total. The Kier molecular flexibility index (Phi) is 57.5. The van der Waals surface area contributed by atoms with Crippen LogP contribution in [0.15, 0.2) is 48.6 Å². The van der Waals surface area contributed by atoms with Gasteiger partial charge < -0.3 is 20.3 Å². The van der Waals surface area contributed by atoms with E-state index in [0.29, 0.717) is 19.4 Å². The fourth-order valence-corrected chi connectivity index (χ4v) is 9.31. The normalized spacial score (nSPS) is 12.9. The van der Waals surface area contributed by atoms with Gasteiger partial charge in [-0.3, -0.25) is 9.59 Å². The molecular weight excluding hydrogens is 863 g/mol. The lowest BCUT2D eigenvalue weighted by Crippen LogP contribution is -2.45. The van der Waals surface area contributed by atoms with Crippen LogP contribution in [0.4, 0.5) is 0 Å². The van der Waals surface area contributed by atoms with Crippen molar-refractivity contribution >= 4 is 11.9 Å². The van der Waals surface area contributed by atoms with Gasteiger partial charge in [0.1, 0.15) is 0 Å². The number of rotatable bonds is 57. The van der Waals surface area contributed by atoms with Crippen LogP contribution in [0.1, 0.15) is 322 Å². The molecule has 410 valence electrons. The summed E-state index contributed by atoms with van der Waals surface area (Å²) in [5.41, 5.74) is 0. The van der Waals surface area contributed by atoms with Crippen LogP contribution < -0.4 is 5.32 Å². The predicted octanol–water partition coefficient (Wildman–Crippen LogP) is 19.4. The SMILES string of the molecule is CCCCC/C=C\C/C=C\CCCCCCCCCCCC(=O)OCCCCC/C=C\CCCCCCCC(=O)NC(CO)C(O)/C=C/CCCCCCCCCCCCCCCCCCCCCC. The molecule has 0 aliphatic carbocycles. The Hall–Kier alpha value is -2.18. The molecule has 0 saturated carbocycles. The Morgan fingerprint density at radius 1 is 0.400 bits per heavy atom. The minimum atomic E-state index is -0.863. The number of aliphatic hydroxyl groups excluding tert-OH is 2. The number of carbonyl (C=O) groups is 2. The average molecular weight is 983 g/mol. The van der Waals surface area contributed by atoms with Crippen molar-refractivity contribution in [3.05, 3.63) is 48.6 Å². The highest BCUT2D eigenvalue weighted by molar-refractivity contribution is 5.76. The molecule has 2 atom stereocenters. The summed E-state index contributed by atoms with van der Waals surface area (Å²) in [5.74, 6) is -0.120. The first kappa shape index (κ1) is 67.8. The second-order valence-electron chi connectivity index (χ2n) is 21.0. The number of amides is 1. The third kappa shape index (κ3) is 55.1. The van der Waals surface area contributed by atoms with Crippen molar-refractivity contribution in [1.29, 1.82) is 0 Å². The first-order valence-electron chi connectivity index (χ1n) is 30.9. The van der Waals surface area contributed by atoms with Crippen molar-refractivity contribution in [2.24, 2.45) is 0 Å². The van der Waals surface area contributed by atoms with E-state index in [0.717, 1.165) is 89.9 Å². The summed E-state index contributed by atoms with van der Waals surface area (Å²) >= 11 is 0. The van der Waals surface area contributed by atoms with Gasteiger partial charge in [0, 0.05) is 12.8 Å². The summed E-state index contributed by atoms with van der Waals surface area (Å²) in [4.78, 5) is 24.6. The van der Waals surface area contributed by atoms with Crippen molar-refractivity contribution in [3.63, 3.8) is 0 Å². The second-order valence-corrected chi connectivity index (χ2v) is 21.0. The van der Waals surface area contributed by atoms with Crippen LogP contribution in [0.5, 0.6) is 0 Å². The lowest BCUT2D eigenvalue weighted by Gasteiger charge is -2.20. The monoisotopic (exact) mass is 982 g/mol. The molecule has 0 fully saturated rings. The fourth-order valence-electron chi connectivity index (χ4n) is 9.31. The van der Waals surface area contributed by atoms with E-state index in [9.17, 15) is 19.8 Å². The van der Waals surface area contributed by atoms with E-state index in [-0.39, 0.29) is 18.5 Å². The Morgan fingerprint density at radius 3 is 1.13 bits per heavy atom. The van der Waals surface area contributed by atoms with Gasteiger partial charge in [0.05, 0.1) is 25.4 Å². The van der Waals surface area contributed by atoms with E-state index < -0.39 is 12.1 Å². The maximum Gasteiger partial charge on any atom is 0.305 e. The Labute approximate surface area is 436 Å². The Bertz CT molecular complexity index is 1180. The predicted molar refractivity (Wildman–Crippen MR) is 306 cm³/mol. The highest BCUT2D eigenvalue weighted by Crippen LogP contribution is 2.17. The molecule has 0 radical (unpaired) electrons. The van der Waals surface area contributed by atoms with E-state index in [1.54, 1.807) is 6.08 Å². The molecule has 0 aromatic heterocycles. The van der Waals surface area contributed by atoms with E-state index in [1.165, 1.54) is 205 Å². The molecule has 2 unspecified atom stereocenters. The van der Waals surface area contributed by atoms with Gasteiger partial charge in [0.2, 0.25) is 5.91 Å². The number of esters is 1. The number of hydrogen-bond acceptors (Lipinski definition) is 5. The minimum Gasteiger partial charge on any atom is -0.466 e. The van der Waals surface area contributed by atoms with Crippen molar-refractivity contribution in [2.75, 3.05) is 13.2 Å². The molecule has 0 spiro atoms. The standard InChI is InChI=1S/C64H119NO5/c1-3-5-7-9-11-13-15-17-19-21-23-24-25-27-28-30-32-36-40-44-48-52-56-62(67)61(60-66)65-63(68)57-53-49-45-41-37-34-35-39-43-47-51-55-59-70-64(69)58-54-50-46-42-38-33-31-29-26-22-20-18-16-14-12-10-8-6-4-2/h12,14,18,20,35,39,52,56,61-62,66-67H,3-11,13,15-17,19,21-34,36-38,40-51,53-55,57-60H2,1-2H3,(H,65,68)/b14-12-,20-18-,39-35-,56-52+. The number of nitrogens with one attached hydrogen (secondary N) is 1. The largest absolute Gasteiger partial charge is 0.466 e. The first-order valence-corrected chi connectivity index (χ1v) is 30.9. The summed E-state index contributed by atoms with van der Waals surface area (Å²) in [5, 5.41) is 23.2. The minimum absolute atomic E-state index is 0.0280. The lowest BCUT2D eigenvalue weighted by molar-refractivity contribution is -0.143. The van der Waals surface area contributed by atoms with Crippen LogP contribution in [0.25, 0.3) is 0 Å². The third-order valence-electron chi connectivity index (χ3n) is 14.1. The lowest BCUT2D eigenvalue weighted by atomic mass is 10.0. The van der Waals surface area contributed by atoms with Gasteiger partial charge in [-0.25, -0.2) is 0 Å². The van der Waals surface area contributed by atoms with Crippen molar-refractivity contribution in [3.8, 4) is 0 Å². The molecular formula is C64H119NO5. The zero-order valence-electron chi connectivity index (χ0n) is 46.7. The third-order valence-corrected chi connectivity index (χ3v) is 14.1. The van der Waals surface area contributed by atoms with Crippen molar-refractivity contribution in [2.45, 2.75) is 334 Å². The summed E-state index contributed by atoms with van der Waals surface area (Å²) in [6, 6.07) is -0.649. The van der Waals surface area contributed by atoms with Crippen molar-refractivity contribution in [1.82, 2.24) is 5.32 Å². The van der Waals surface area contributed by atoms with Crippen LogP contribution >= 0.6 is 0 Å². The van der Waals surface area contributed by atoms with E-state index in [4.69, 9.17) is 4.74 Å². The number of ether oxygens (including phenoxy) is 1. The van der Waals surface area contributed by atoms with E-state index >= 15 is 0 Å². The van der Waals surface area contributed by atoms with E-state index in [2.05, 4.69) is 55.6 Å². The quantitative estimate of drug-likeness (QED) is 0.0321. The van der Waals surface area contributed by atoms with Gasteiger partial charge >= 0.3 is 5.97 Å². The van der Waals surface area contributed by atoms with Crippen LogP contribution in [0.2, 0.25) is 0 Å². The van der Waals surface area contributed by atoms with Gasteiger partial charge in [-0.2, -0.15) is 0 Å². The van der Waals surface area contributed by atoms with Gasteiger partial charge in [0.15, 0.2) is 0 Å². The topological polar surface area (TPSA) is 95.9 Å². The van der Waals surface area contributed by atoms with Gasteiger partial charge in [-0.1, -0.05) is 262 Å². The molecule has 0 aromatic rings. The maximum absolute atomic E-state index is 12.5. The molecule has 0 aliphatic heterocycles. The fraction of sp³-hybridized carbons (Fsp3) is 0.844. The zero-order chi connectivity index (χ0) is 50.7. The number of carbonyl (C=O) groups excluding carboxylic acids is 2. The highest BCUT2D eigenvalue weighted by atomic mass is 16.5.